The Hall–Kier alpha value is -2.15. The van der Waals surface area contributed by atoms with Gasteiger partial charge in [0.1, 0.15) is 5.69 Å². The minimum Gasteiger partial charge on any atom is -0.393 e. The number of anilines is 1. The second kappa shape index (κ2) is 8.21. The maximum Gasteiger partial charge on any atom is 0.292 e. The highest BCUT2D eigenvalue weighted by atomic mass is 16.6. The van der Waals surface area contributed by atoms with Gasteiger partial charge >= 0.3 is 0 Å². The zero-order valence-corrected chi connectivity index (χ0v) is 12.2. The lowest BCUT2D eigenvalue weighted by Crippen LogP contribution is -2.33. The van der Waals surface area contributed by atoms with Gasteiger partial charge in [0.2, 0.25) is 5.91 Å². The number of amides is 1. The summed E-state index contributed by atoms with van der Waals surface area (Å²) in [6, 6.07) is 6.15. The number of nitrogens with zero attached hydrogens (tertiary/aromatic N) is 1. The monoisotopic (exact) mass is 295 g/mol. The van der Waals surface area contributed by atoms with Crippen molar-refractivity contribution in [1.82, 2.24) is 5.32 Å². The largest absolute Gasteiger partial charge is 0.393 e. The minimum atomic E-state index is -0.501. The van der Waals surface area contributed by atoms with Gasteiger partial charge in [0.15, 0.2) is 0 Å². The number of para-hydroxylation sites is 2. The highest BCUT2D eigenvalue weighted by Gasteiger charge is 2.13. The summed E-state index contributed by atoms with van der Waals surface area (Å²) in [4.78, 5) is 21.9. The Kier molecular flexibility index (Phi) is 6.61. The van der Waals surface area contributed by atoms with E-state index in [-0.39, 0.29) is 24.1 Å². The molecule has 3 N–H and O–H groups in total. The van der Waals surface area contributed by atoms with E-state index in [4.69, 9.17) is 0 Å². The van der Waals surface area contributed by atoms with Crippen molar-refractivity contribution in [1.29, 1.82) is 0 Å². The summed E-state index contributed by atoms with van der Waals surface area (Å²) in [6.45, 7) is 4.13. The standard InChI is InChI=1S/C14H21N3O4/c1-10(2)13(18)7-8-15-14(19)9-16-11-5-3-4-6-12(11)17(20)21/h3-6,10,13,16,18H,7-9H2,1-2H3,(H,15,19). The number of aliphatic hydroxyl groups excluding tert-OH is 1. The smallest absolute Gasteiger partial charge is 0.292 e. The third kappa shape index (κ3) is 5.78. The number of nitro groups is 1. The van der Waals surface area contributed by atoms with Gasteiger partial charge in [-0.3, -0.25) is 14.9 Å². The molecule has 1 atom stereocenters. The fraction of sp³-hybridized carbons (Fsp3) is 0.500. The molecule has 0 aromatic heterocycles. The van der Waals surface area contributed by atoms with Gasteiger partial charge in [0, 0.05) is 12.6 Å². The van der Waals surface area contributed by atoms with Gasteiger partial charge in [-0.25, -0.2) is 0 Å². The van der Waals surface area contributed by atoms with E-state index in [1.54, 1.807) is 18.2 Å². The van der Waals surface area contributed by atoms with Crippen LogP contribution in [0.1, 0.15) is 20.3 Å². The average molecular weight is 295 g/mol. The summed E-state index contributed by atoms with van der Waals surface area (Å²) in [7, 11) is 0. The molecule has 116 valence electrons. The molecule has 1 aromatic carbocycles. The highest BCUT2D eigenvalue weighted by molar-refractivity contribution is 5.81. The Bertz CT molecular complexity index is 491. The van der Waals surface area contributed by atoms with Crippen LogP contribution in [0.3, 0.4) is 0 Å². The first-order chi connectivity index (χ1) is 9.91. The number of benzene rings is 1. The van der Waals surface area contributed by atoms with E-state index in [1.165, 1.54) is 6.07 Å². The van der Waals surface area contributed by atoms with Crippen molar-refractivity contribution >= 4 is 17.3 Å². The first-order valence-corrected chi connectivity index (χ1v) is 6.84. The zero-order valence-electron chi connectivity index (χ0n) is 12.2. The van der Waals surface area contributed by atoms with Gasteiger partial charge in [-0.15, -0.1) is 0 Å². The number of rotatable bonds is 8. The second-order valence-corrected chi connectivity index (χ2v) is 5.08. The van der Waals surface area contributed by atoms with Crippen molar-refractivity contribution in [2.24, 2.45) is 5.92 Å². The molecule has 21 heavy (non-hydrogen) atoms. The molecule has 0 spiro atoms. The van der Waals surface area contributed by atoms with Crippen LogP contribution in [-0.2, 0) is 4.79 Å². The molecule has 0 radical (unpaired) electrons. The molecule has 0 aliphatic carbocycles. The van der Waals surface area contributed by atoms with Crippen LogP contribution in [0.25, 0.3) is 0 Å². The summed E-state index contributed by atoms with van der Waals surface area (Å²) in [5, 5.41) is 25.8. The summed E-state index contributed by atoms with van der Waals surface area (Å²) in [6.07, 6.45) is 0.0306. The average Bonchev–Trinajstić information content (AvgIpc) is 2.45. The molecular formula is C14H21N3O4. The molecule has 0 heterocycles. The van der Waals surface area contributed by atoms with Crippen LogP contribution in [0.4, 0.5) is 11.4 Å². The Labute approximate surface area is 123 Å². The van der Waals surface area contributed by atoms with Crippen LogP contribution < -0.4 is 10.6 Å². The van der Waals surface area contributed by atoms with E-state index in [2.05, 4.69) is 10.6 Å². The Morgan fingerprint density at radius 2 is 2.05 bits per heavy atom. The van der Waals surface area contributed by atoms with E-state index in [9.17, 15) is 20.0 Å². The number of carbonyl (C=O) groups excluding carboxylic acids is 1. The fourth-order valence-corrected chi connectivity index (χ4v) is 1.71. The van der Waals surface area contributed by atoms with Crippen molar-refractivity contribution in [2.45, 2.75) is 26.4 Å². The molecule has 0 saturated heterocycles. The zero-order chi connectivity index (χ0) is 15.8. The lowest BCUT2D eigenvalue weighted by Gasteiger charge is -2.14. The third-order valence-corrected chi connectivity index (χ3v) is 3.07. The molecule has 1 amide bonds. The van der Waals surface area contributed by atoms with Crippen LogP contribution >= 0.6 is 0 Å². The Morgan fingerprint density at radius 1 is 1.38 bits per heavy atom. The topological polar surface area (TPSA) is 104 Å². The van der Waals surface area contributed by atoms with Crippen LogP contribution in [0, 0.1) is 16.0 Å². The van der Waals surface area contributed by atoms with Crippen LogP contribution in [-0.4, -0.2) is 35.1 Å². The molecule has 0 saturated carbocycles. The number of hydrogen-bond donors (Lipinski definition) is 3. The molecular weight excluding hydrogens is 274 g/mol. The first kappa shape index (κ1) is 16.9. The maximum absolute atomic E-state index is 11.6. The maximum atomic E-state index is 11.6. The van der Waals surface area contributed by atoms with Crippen molar-refractivity contribution in [3.05, 3.63) is 34.4 Å². The fourth-order valence-electron chi connectivity index (χ4n) is 1.71. The van der Waals surface area contributed by atoms with Crippen LogP contribution in [0.5, 0.6) is 0 Å². The number of aliphatic hydroxyl groups is 1. The predicted molar refractivity (Wildman–Crippen MR) is 80.1 cm³/mol. The quantitative estimate of drug-likeness (QED) is 0.498. The van der Waals surface area contributed by atoms with Crippen molar-refractivity contribution in [2.75, 3.05) is 18.4 Å². The van der Waals surface area contributed by atoms with E-state index in [0.29, 0.717) is 18.7 Å². The van der Waals surface area contributed by atoms with E-state index < -0.39 is 11.0 Å². The Balaban J connectivity index is 2.38. The number of nitro benzene ring substituents is 1. The SMILES string of the molecule is CC(C)C(O)CCNC(=O)CNc1ccccc1[N+](=O)[O-]. The van der Waals surface area contributed by atoms with E-state index >= 15 is 0 Å². The number of carbonyl (C=O) groups is 1. The van der Waals surface area contributed by atoms with Crippen LogP contribution in [0.15, 0.2) is 24.3 Å². The second-order valence-electron chi connectivity index (χ2n) is 5.08. The van der Waals surface area contributed by atoms with Crippen molar-refractivity contribution in [3.8, 4) is 0 Å². The summed E-state index contributed by atoms with van der Waals surface area (Å²) >= 11 is 0. The molecule has 1 aromatic rings. The van der Waals surface area contributed by atoms with Gasteiger partial charge in [-0.05, 0) is 18.4 Å². The normalized spacial score (nSPS) is 12.0. The molecule has 1 unspecified atom stereocenters. The lowest BCUT2D eigenvalue weighted by atomic mass is 10.0. The molecule has 0 aliphatic heterocycles. The molecule has 1 rings (SSSR count). The predicted octanol–water partition coefficient (Wildman–Crippen LogP) is 1.53. The molecule has 0 bridgehead atoms. The van der Waals surface area contributed by atoms with E-state index in [0.717, 1.165) is 0 Å². The first-order valence-electron chi connectivity index (χ1n) is 6.84. The minimum absolute atomic E-state index is 0.0529. The summed E-state index contributed by atoms with van der Waals surface area (Å²) in [5.41, 5.74) is 0.236. The summed E-state index contributed by atoms with van der Waals surface area (Å²) < 4.78 is 0. The highest BCUT2D eigenvalue weighted by Crippen LogP contribution is 2.22. The molecule has 7 nitrogen and oxygen atoms in total. The number of hydrogen-bond acceptors (Lipinski definition) is 5. The lowest BCUT2D eigenvalue weighted by molar-refractivity contribution is -0.383. The molecule has 0 fully saturated rings. The van der Waals surface area contributed by atoms with Gasteiger partial charge < -0.3 is 15.7 Å². The molecule has 7 heteroatoms. The van der Waals surface area contributed by atoms with Gasteiger partial charge in [-0.2, -0.15) is 0 Å². The van der Waals surface area contributed by atoms with Crippen molar-refractivity contribution in [3.63, 3.8) is 0 Å². The van der Waals surface area contributed by atoms with Crippen LogP contribution in [0.2, 0.25) is 0 Å². The Morgan fingerprint density at radius 3 is 2.67 bits per heavy atom. The molecule has 0 aliphatic rings. The van der Waals surface area contributed by atoms with Gasteiger partial charge in [0.25, 0.3) is 5.69 Å². The van der Waals surface area contributed by atoms with Gasteiger partial charge in [-0.1, -0.05) is 26.0 Å². The third-order valence-electron chi connectivity index (χ3n) is 3.07. The van der Waals surface area contributed by atoms with Gasteiger partial charge in [0.05, 0.1) is 17.6 Å². The van der Waals surface area contributed by atoms with Crippen molar-refractivity contribution < 1.29 is 14.8 Å². The van der Waals surface area contributed by atoms with E-state index in [1.807, 2.05) is 13.8 Å². The number of nitrogens with one attached hydrogen (secondary N) is 2. The summed E-state index contributed by atoms with van der Waals surface area (Å²) in [5.74, 6) is -0.129.